The lowest BCUT2D eigenvalue weighted by Crippen LogP contribution is -2.41. The number of nitrogens with two attached hydrogens (primary N) is 1. The number of thiazole rings is 3. The summed E-state index contributed by atoms with van der Waals surface area (Å²) in [6, 6.07) is 7.69. The summed E-state index contributed by atoms with van der Waals surface area (Å²) >= 11 is 23.1. The number of rotatable bonds is 19. The first-order valence-electron chi connectivity index (χ1n) is 30.4. The predicted molar refractivity (Wildman–Crippen MR) is 367 cm³/mol. The number of nitrogens with zero attached hydrogens (tertiary/aromatic N) is 9. The van der Waals surface area contributed by atoms with Crippen LogP contribution in [0, 0.1) is 23.4 Å². The van der Waals surface area contributed by atoms with E-state index >= 15 is 0 Å². The molecule has 5 N–H and O–H groups in total. The number of hydrogen-bond acceptors (Lipinski definition) is 26. The Labute approximate surface area is 597 Å². The number of aliphatic imine (C=N–C) groups is 3. The molecule has 7 aliphatic rings. The van der Waals surface area contributed by atoms with Crippen molar-refractivity contribution in [3.63, 3.8) is 0 Å². The number of amidine groups is 3. The number of benzene rings is 3. The molecule has 0 unspecified atom stereocenters. The maximum atomic E-state index is 13.7. The predicted octanol–water partition coefficient (Wildman–Crippen LogP) is 7.31. The van der Waals surface area contributed by atoms with Crippen LogP contribution in [0.25, 0.3) is 0 Å². The van der Waals surface area contributed by atoms with Crippen molar-refractivity contribution in [2.24, 2.45) is 26.6 Å². The van der Waals surface area contributed by atoms with Gasteiger partial charge < -0.3 is 44.7 Å². The van der Waals surface area contributed by atoms with Gasteiger partial charge >= 0.3 is 23.9 Å². The number of methoxy groups -OCH3 is 4. The number of ether oxygens (including phenoxy) is 4. The lowest BCUT2D eigenvalue weighted by Gasteiger charge is -2.31. The van der Waals surface area contributed by atoms with Crippen molar-refractivity contribution in [3.8, 4) is 0 Å². The van der Waals surface area contributed by atoms with Crippen molar-refractivity contribution >= 4 is 136 Å². The molecular weight excluding hydrogens is 1470 g/mol. The molecule has 6 aliphatic heterocycles. The number of hydrogen-bond donors (Lipinski definition) is 4. The van der Waals surface area contributed by atoms with Crippen LogP contribution in [0.2, 0.25) is 15.1 Å². The first-order chi connectivity index (χ1) is 47.8. The van der Waals surface area contributed by atoms with E-state index in [0.717, 1.165) is 32.1 Å². The molecule has 3 saturated heterocycles. The Balaban J connectivity index is 0.000000151. The number of carbonyl (C=O) groups excluding carboxylic acids is 5. The average Bonchev–Trinajstić information content (AvgIpc) is 1.52. The first kappa shape index (κ1) is 73.2. The molecule has 0 radical (unpaired) electrons. The molecule has 1 amide bonds. The highest BCUT2D eigenvalue weighted by atomic mass is 35.5. The monoisotopic (exact) mass is 1530 g/mol. The normalized spacial score (nSPS) is 20.9. The zero-order chi connectivity index (χ0) is 71.5. The zero-order valence-corrected chi connectivity index (χ0v) is 59.5. The second kappa shape index (κ2) is 31.1. The van der Waals surface area contributed by atoms with E-state index < -0.39 is 97.3 Å². The Morgan fingerprint density at radius 1 is 0.540 bits per heavy atom. The first-order valence-corrected chi connectivity index (χ1v) is 37.5. The SMILES string of the molecule is COC(=O)C1=C2C[C@H](NC(=O)C3CC3)CN2C(c2nccs2)=N[C@H]1c1ccc(F)cc1Cl.COC(=O)C1=C2C[C@H](NS(=O)(=O)CCN)CN2C(c2nccs2)=N[C@H]1c1ccc(F)cc1Cl.COC(=O)CS(=O)(=O)N[C@H]1CC2=C(C(=O)OC)[C@H](c3ccc(F)cc3Cl)N=C(c3nccs3)N2C1. The fourth-order valence-corrected chi connectivity index (χ4v) is 17.1. The van der Waals surface area contributed by atoms with E-state index in [-0.39, 0.29) is 82.3 Å². The highest BCUT2D eigenvalue weighted by molar-refractivity contribution is 7.90. The van der Waals surface area contributed by atoms with Gasteiger partial charge in [-0.3, -0.25) is 24.6 Å². The number of esters is 4. The number of fused-ring (bicyclic) bond motifs is 3. The molecule has 528 valence electrons. The molecule has 6 aromatic rings. The van der Waals surface area contributed by atoms with Crippen LogP contribution in [0.4, 0.5) is 13.2 Å². The van der Waals surface area contributed by atoms with Crippen molar-refractivity contribution < 1.29 is 72.9 Å². The average molecular weight is 1530 g/mol. The number of halogens is 6. The van der Waals surface area contributed by atoms with Gasteiger partial charge in [-0.1, -0.05) is 53.0 Å². The zero-order valence-electron chi connectivity index (χ0n) is 53.2. The molecule has 0 bridgehead atoms. The van der Waals surface area contributed by atoms with Crippen LogP contribution in [0.15, 0.2) is 138 Å². The summed E-state index contributed by atoms with van der Waals surface area (Å²) in [6.07, 6.45) is 7.49. The summed E-state index contributed by atoms with van der Waals surface area (Å²) in [5.74, 6) is -3.76. The molecular formula is C63H61Cl3F3N13O13S5. The Kier molecular flexibility index (Phi) is 22.7. The molecule has 1 aliphatic carbocycles. The number of sulfonamides is 2. The minimum Gasteiger partial charge on any atom is -0.468 e. The van der Waals surface area contributed by atoms with Crippen molar-refractivity contribution in [1.29, 1.82) is 0 Å². The van der Waals surface area contributed by atoms with Crippen LogP contribution in [0.1, 0.15) is 81.9 Å². The molecule has 3 aromatic carbocycles. The quantitative estimate of drug-likeness (QED) is 0.0456. The Morgan fingerprint density at radius 2 is 0.890 bits per heavy atom. The lowest BCUT2D eigenvalue weighted by molar-refractivity contribution is -0.138. The van der Waals surface area contributed by atoms with E-state index in [2.05, 4.69) is 34.4 Å². The molecule has 6 atom stereocenters. The van der Waals surface area contributed by atoms with Crippen molar-refractivity contribution in [3.05, 3.63) is 187 Å². The van der Waals surface area contributed by atoms with Gasteiger partial charge in [0.2, 0.25) is 26.0 Å². The minimum atomic E-state index is -4.02. The Hall–Kier alpha value is -8.03. The summed E-state index contributed by atoms with van der Waals surface area (Å²) in [4.78, 5) is 95.5. The summed E-state index contributed by atoms with van der Waals surface area (Å²) in [5.41, 5.74) is 9.14. The molecule has 13 rings (SSSR count). The van der Waals surface area contributed by atoms with Crippen molar-refractivity contribution in [1.82, 2.24) is 44.4 Å². The van der Waals surface area contributed by atoms with E-state index in [0.29, 0.717) is 84.8 Å². The molecule has 1 saturated carbocycles. The van der Waals surface area contributed by atoms with Crippen LogP contribution in [0.3, 0.4) is 0 Å². The van der Waals surface area contributed by atoms with E-state index in [4.69, 9.17) is 69.7 Å². The van der Waals surface area contributed by atoms with E-state index in [1.54, 1.807) is 39.2 Å². The Bertz CT molecular complexity index is 4620. The topological polar surface area (TPSA) is 338 Å². The molecule has 0 spiro atoms. The summed E-state index contributed by atoms with van der Waals surface area (Å²) in [7, 11) is -2.75. The smallest absolute Gasteiger partial charge is 0.338 e. The summed E-state index contributed by atoms with van der Waals surface area (Å²) < 4.78 is 115. The van der Waals surface area contributed by atoms with Crippen molar-refractivity contribution in [2.45, 2.75) is 68.4 Å². The minimum absolute atomic E-state index is 0.0150. The number of nitrogens with one attached hydrogen (secondary N) is 3. The van der Waals surface area contributed by atoms with Crippen LogP contribution in [-0.2, 0) is 63.0 Å². The third kappa shape index (κ3) is 16.2. The standard InChI is InChI=1S/C22H20ClFN4O3S.C21H20ClFN4O6S2.C20H21ClFN5O4S2/c1-31-22(30)17-16-9-13(26-20(29)11-2-3-11)10-28(16)19(21-25-6-7-32-21)27-18(17)14-5-4-12(24)8-15(14)23;1-32-16(28)10-35(30,31)26-12-8-15-17(21(29)33-2)18(13-4-3-11(23)7-14(13)22)25-19(27(15)9-12)20-24-5-6-34-20;1-31-20(28)16-15-9-12(26-33(29,30)7-4-23)10-27(15)18(19-24-5-6-32-19)25-17(16)13-3-2-11(22)8-14(13)21/h4-8,11,13,18H,2-3,9-10H2,1H3,(H,26,29);3-7,12,18,26H,8-10H2,1-2H3;2-3,5-6,8,12,17,26H,4,7,9-10,23H2,1H3/t13-,18-;12-,18-;12-,17-/m000/s1. The fraction of sp³-hybridized carbons (Fsp3) is 0.349. The van der Waals surface area contributed by atoms with Gasteiger partial charge in [-0.05, 0) is 49.2 Å². The highest BCUT2D eigenvalue weighted by Gasteiger charge is 2.47. The Morgan fingerprint density at radius 3 is 1.20 bits per heavy atom. The maximum Gasteiger partial charge on any atom is 0.338 e. The van der Waals surface area contributed by atoms with E-state index in [1.165, 1.54) is 97.8 Å². The number of aromatic nitrogens is 3. The van der Waals surface area contributed by atoms with Crippen molar-refractivity contribution in [2.75, 3.05) is 66.1 Å². The van der Waals surface area contributed by atoms with Crippen LogP contribution in [-0.4, -0.2) is 178 Å². The summed E-state index contributed by atoms with van der Waals surface area (Å²) in [6.45, 7) is 0.815. The second-order valence-electron chi connectivity index (χ2n) is 23.1. The summed E-state index contributed by atoms with van der Waals surface area (Å²) in [5, 5.41) is 10.6. The second-order valence-corrected chi connectivity index (χ2v) is 30.7. The number of amides is 1. The molecule has 37 heteroatoms. The van der Waals surface area contributed by atoms with Gasteiger partial charge in [-0.25, -0.2) is 68.8 Å². The largest absolute Gasteiger partial charge is 0.468 e. The van der Waals surface area contributed by atoms with Crippen LogP contribution < -0.4 is 20.5 Å². The molecule has 9 heterocycles. The molecule has 100 heavy (non-hydrogen) atoms. The van der Waals surface area contributed by atoms with Gasteiger partial charge in [0.15, 0.2) is 38.3 Å². The van der Waals surface area contributed by atoms with Gasteiger partial charge in [0.25, 0.3) is 0 Å². The van der Waals surface area contributed by atoms with Crippen LogP contribution >= 0.6 is 68.8 Å². The van der Waals surface area contributed by atoms with Crippen LogP contribution in [0.5, 0.6) is 0 Å². The highest BCUT2D eigenvalue weighted by Crippen LogP contribution is 2.47. The van der Waals surface area contributed by atoms with Gasteiger partial charge in [0, 0.05) is 147 Å². The number of carbonyl (C=O) groups is 5. The van der Waals surface area contributed by atoms with E-state index in [9.17, 15) is 54.0 Å². The molecule has 3 aromatic heterocycles. The lowest BCUT2D eigenvalue weighted by atomic mass is 9.94. The van der Waals surface area contributed by atoms with Gasteiger partial charge in [-0.2, -0.15) is 0 Å². The van der Waals surface area contributed by atoms with E-state index in [1.807, 2.05) is 10.3 Å². The third-order valence-electron chi connectivity index (χ3n) is 16.5. The molecule has 4 fully saturated rings. The fourth-order valence-electron chi connectivity index (χ4n) is 12.1. The third-order valence-corrected chi connectivity index (χ3v) is 22.6. The van der Waals surface area contributed by atoms with Gasteiger partial charge in [-0.15, -0.1) is 34.0 Å². The van der Waals surface area contributed by atoms with Gasteiger partial charge in [0.05, 0.1) is 57.0 Å². The maximum absolute atomic E-state index is 13.7. The van der Waals surface area contributed by atoms with Gasteiger partial charge in [0.1, 0.15) is 35.6 Å². The molecule has 26 nitrogen and oxygen atoms in total.